The highest BCUT2D eigenvalue weighted by molar-refractivity contribution is 5.96. The predicted molar refractivity (Wildman–Crippen MR) is 74.3 cm³/mol. The molecule has 2 atom stereocenters. The topological polar surface area (TPSA) is 63.9 Å². The number of fused-ring (bicyclic) bond motifs is 1. The monoisotopic (exact) mass is 275 g/mol. The van der Waals surface area contributed by atoms with Crippen molar-refractivity contribution in [2.75, 3.05) is 20.8 Å². The van der Waals surface area contributed by atoms with Gasteiger partial charge >= 0.3 is 5.97 Å². The minimum Gasteiger partial charge on any atom is -0.497 e. The number of carbonyl (C=O) groups is 1. The molecule has 1 N–H and O–H groups in total. The Bertz CT molecular complexity index is 657. The highest BCUT2D eigenvalue weighted by Gasteiger charge is 2.32. The van der Waals surface area contributed by atoms with Gasteiger partial charge in [-0.2, -0.15) is 0 Å². The van der Waals surface area contributed by atoms with Crippen molar-refractivity contribution >= 4 is 16.9 Å². The lowest BCUT2D eigenvalue weighted by Gasteiger charge is -2.12. The van der Waals surface area contributed by atoms with Crippen molar-refractivity contribution in [3.05, 3.63) is 29.5 Å². The van der Waals surface area contributed by atoms with Crippen molar-refractivity contribution in [3.8, 4) is 5.75 Å². The van der Waals surface area contributed by atoms with Crippen LogP contribution < -0.4 is 4.74 Å². The van der Waals surface area contributed by atoms with Crippen LogP contribution >= 0.6 is 0 Å². The fourth-order valence-electron chi connectivity index (χ4n) is 2.50. The molecule has 1 aromatic carbocycles. The van der Waals surface area contributed by atoms with Gasteiger partial charge in [-0.3, -0.25) is 0 Å². The van der Waals surface area contributed by atoms with Crippen molar-refractivity contribution in [1.82, 2.24) is 4.98 Å². The summed E-state index contributed by atoms with van der Waals surface area (Å²) in [5.74, 6) is 0.647. The molecule has 20 heavy (non-hydrogen) atoms. The van der Waals surface area contributed by atoms with E-state index in [0.717, 1.165) is 28.8 Å². The van der Waals surface area contributed by atoms with E-state index < -0.39 is 0 Å². The maximum absolute atomic E-state index is 11.7. The number of aromatic amines is 1. The molecule has 1 aromatic heterocycles. The summed E-state index contributed by atoms with van der Waals surface area (Å²) >= 11 is 0. The van der Waals surface area contributed by atoms with Crippen LogP contribution in [0.1, 0.15) is 28.9 Å². The van der Waals surface area contributed by atoms with Gasteiger partial charge in [-0.15, -0.1) is 0 Å². The van der Waals surface area contributed by atoms with E-state index in [2.05, 4.69) is 11.9 Å². The minimum absolute atomic E-state index is 0.252. The summed E-state index contributed by atoms with van der Waals surface area (Å²) in [6.07, 6.45) is 0.252. The van der Waals surface area contributed by atoms with Gasteiger partial charge in [0.05, 0.1) is 32.4 Å². The summed E-state index contributed by atoms with van der Waals surface area (Å²) in [4.78, 5) is 14.7. The molecule has 1 aliphatic heterocycles. The standard InChI is InChI=1S/C15H17NO4/c1-8(14-7-20-14)10-4-9(18-2)5-12-11(10)6-13(16-12)15(17)19-3/h4-6,8,14,16H,7H2,1-3H3. The van der Waals surface area contributed by atoms with E-state index in [-0.39, 0.29) is 18.0 Å². The molecule has 1 saturated heterocycles. The fraction of sp³-hybridized carbons (Fsp3) is 0.400. The maximum Gasteiger partial charge on any atom is 0.354 e. The van der Waals surface area contributed by atoms with Gasteiger partial charge in [-0.1, -0.05) is 6.92 Å². The van der Waals surface area contributed by atoms with Gasteiger partial charge < -0.3 is 19.2 Å². The first-order valence-electron chi connectivity index (χ1n) is 6.54. The number of nitrogens with one attached hydrogen (secondary N) is 1. The summed E-state index contributed by atoms with van der Waals surface area (Å²) < 4.78 is 15.5. The Kier molecular flexibility index (Phi) is 3.14. The van der Waals surface area contributed by atoms with Gasteiger partial charge in [0.1, 0.15) is 11.4 Å². The number of ether oxygens (including phenoxy) is 3. The number of methoxy groups -OCH3 is 2. The smallest absolute Gasteiger partial charge is 0.354 e. The van der Waals surface area contributed by atoms with Gasteiger partial charge in [0.2, 0.25) is 0 Å². The molecule has 2 heterocycles. The zero-order valence-corrected chi connectivity index (χ0v) is 11.7. The van der Waals surface area contributed by atoms with Crippen LogP contribution in [0.2, 0.25) is 0 Å². The lowest BCUT2D eigenvalue weighted by atomic mass is 9.94. The normalized spacial score (nSPS) is 18.9. The van der Waals surface area contributed by atoms with Crippen LogP contribution in [0.25, 0.3) is 10.9 Å². The van der Waals surface area contributed by atoms with E-state index in [9.17, 15) is 4.79 Å². The van der Waals surface area contributed by atoms with Gasteiger partial charge in [0.15, 0.2) is 0 Å². The molecular weight excluding hydrogens is 258 g/mol. The van der Waals surface area contributed by atoms with E-state index in [1.165, 1.54) is 7.11 Å². The quantitative estimate of drug-likeness (QED) is 0.687. The third-order valence-corrected chi connectivity index (χ3v) is 3.79. The lowest BCUT2D eigenvalue weighted by molar-refractivity contribution is 0.0595. The zero-order valence-electron chi connectivity index (χ0n) is 11.7. The lowest BCUT2D eigenvalue weighted by Crippen LogP contribution is -2.02. The molecule has 0 saturated carbocycles. The van der Waals surface area contributed by atoms with E-state index in [0.29, 0.717) is 5.69 Å². The molecule has 5 heteroatoms. The molecule has 0 aliphatic carbocycles. The molecule has 0 bridgehead atoms. The molecule has 0 radical (unpaired) electrons. The fourth-order valence-corrected chi connectivity index (χ4v) is 2.50. The Labute approximate surface area is 116 Å². The van der Waals surface area contributed by atoms with Crippen molar-refractivity contribution in [3.63, 3.8) is 0 Å². The zero-order chi connectivity index (χ0) is 14.3. The average Bonchev–Trinajstić information content (AvgIpc) is 3.23. The van der Waals surface area contributed by atoms with Crippen molar-refractivity contribution < 1.29 is 19.0 Å². The number of epoxide rings is 1. The second-order valence-corrected chi connectivity index (χ2v) is 5.01. The average molecular weight is 275 g/mol. The number of H-pyrrole nitrogens is 1. The number of rotatable bonds is 4. The van der Waals surface area contributed by atoms with E-state index in [1.54, 1.807) is 7.11 Å². The Morgan fingerprint density at radius 2 is 2.15 bits per heavy atom. The molecule has 5 nitrogen and oxygen atoms in total. The first-order valence-corrected chi connectivity index (χ1v) is 6.54. The summed E-state index contributed by atoms with van der Waals surface area (Å²) in [6.45, 7) is 2.91. The van der Waals surface area contributed by atoms with Crippen molar-refractivity contribution in [1.29, 1.82) is 0 Å². The van der Waals surface area contributed by atoms with Crippen LogP contribution in [-0.2, 0) is 9.47 Å². The summed E-state index contributed by atoms with van der Waals surface area (Å²) in [7, 11) is 3.00. The number of carbonyl (C=O) groups excluding carboxylic acids is 1. The van der Waals surface area contributed by atoms with Crippen molar-refractivity contribution in [2.45, 2.75) is 18.9 Å². The van der Waals surface area contributed by atoms with Crippen LogP contribution in [0.5, 0.6) is 5.75 Å². The van der Waals surface area contributed by atoms with Gasteiger partial charge in [0, 0.05) is 17.4 Å². The second kappa shape index (κ2) is 4.83. The number of hydrogen-bond donors (Lipinski definition) is 1. The van der Waals surface area contributed by atoms with Crippen LogP contribution in [0.4, 0.5) is 0 Å². The molecule has 1 fully saturated rings. The third-order valence-electron chi connectivity index (χ3n) is 3.79. The second-order valence-electron chi connectivity index (χ2n) is 5.01. The Hall–Kier alpha value is -2.01. The summed E-state index contributed by atoms with van der Waals surface area (Å²) in [6, 6.07) is 5.71. The van der Waals surface area contributed by atoms with E-state index in [1.807, 2.05) is 18.2 Å². The SMILES string of the molecule is COC(=O)c1cc2c(C(C)C3CO3)cc(OC)cc2[nH]1. The van der Waals surface area contributed by atoms with Crippen LogP contribution in [0.3, 0.4) is 0 Å². The van der Waals surface area contributed by atoms with Gasteiger partial charge in [-0.25, -0.2) is 4.79 Å². The van der Waals surface area contributed by atoms with Gasteiger partial charge in [-0.05, 0) is 17.7 Å². The highest BCUT2D eigenvalue weighted by atomic mass is 16.6. The van der Waals surface area contributed by atoms with Crippen LogP contribution in [0.15, 0.2) is 18.2 Å². The number of aromatic nitrogens is 1. The number of benzene rings is 1. The molecule has 3 rings (SSSR count). The highest BCUT2D eigenvalue weighted by Crippen LogP contribution is 2.36. The Balaban J connectivity index is 2.14. The summed E-state index contributed by atoms with van der Waals surface area (Å²) in [5.41, 5.74) is 2.43. The number of hydrogen-bond acceptors (Lipinski definition) is 4. The van der Waals surface area contributed by atoms with Crippen molar-refractivity contribution in [2.24, 2.45) is 0 Å². The molecule has 0 amide bonds. The van der Waals surface area contributed by atoms with Crippen LogP contribution in [-0.4, -0.2) is 37.9 Å². The molecule has 106 valence electrons. The molecular formula is C15H17NO4. The first-order chi connectivity index (χ1) is 9.63. The minimum atomic E-state index is -0.374. The van der Waals surface area contributed by atoms with E-state index in [4.69, 9.17) is 14.2 Å². The Morgan fingerprint density at radius 3 is 2.75 bits per heavy atom. The largest absolute Gasteiger partial charge is 0.497 e. The number of esters is 1. The summed E-state index contributed by atoms with van der Waals surface area (Å²) in [5, 5.41) is 1.01. The third kappa shape index (κ3) is 2.14. The molecule has 0 spiro atoms. The van der Waals surface area contributed by atoms with Gasteiger partial charge in [0.25, 0.3) is 0 Å². The van der Waals surface area contributed by atoms with Crippen LogP contribution in [0, 0.1) is 0 Å². The molecule has 2 unspecified atom stereocenters. The van der Waals surface area contributed by atoms with E-state index >= 15 is 0 Å². The maximum atomic E-state index is 11.7. The molecule has 1 aliphatic rings. The Morgan fingerprint density at radius 1 is 1.40 bits per heavy atom. The predicted octanol–water partition coefficient (Wildman–Crippen LogP) is 2.47. The molecule has 2 aromatic rings. The first kappa shape index (κ1) is 13.0.